The van der Waals surface area contributed by atoms with Crippen LogP contribution >= 0.6 is 11.9 Å². The molecule has 5 heteroatoms. The molecule has 1 heterocycles. The second-order valence-corrected chi connectivity index (χ2v) is 3.86. The zero-order chi connectivity index (χ0) is 10.7. The lowest BCUT2D eigenvalue weighted by molar-refractivity contribution is 0.0690. The second kappa shape index (κ2) is 4.18. The van der Waals surface area contributed by atoms with Crippen molar-refractivity contribution < 1.29 is 9.90 Å². The van der Waals surface area contributed by atoms with E-state index in [0.29, 0.717) is 0 Å². The molecule has 0 aliphatic carbocycles. The average Bonchev–Trinajstić information content (AvgIpc) is 2.67. The minimum absolute atomic E-state index is 0.170. The summed E-state index contributed by atoms with van der Waals surface area (Å²) in [5, 5.41) is 8.86. The number of nitrogens with zero attached hydrogens (tertiary/aromatic N) is 2. The van der Waals surface area contributed by atoms with E-state index < -0.39 is 5.97 Å². The number of benzene rings is 1. The lowest BCUT2D eigenvalue weighted by atomic mass is 10.4. The Morgan fingerprint density at radius 3 is 2.73 bits per heavy atom. The molecule has 2 aromatic rings. The van der Waals surface area contributed by atoms with Gasteiger partial charge in [-0.15, -0.1) is 0 Å². The summed E-state index contributed by atoms with van der Waals surface area (Å²) in [4.78, 5) is 15.6. The first-order chi connectivity index (χ1) is 7.27. The highest BCUT2D eigenvalue weighted by molar-refractivity contribution is 7.97. The Morgan fingerprint density at radius 2 is 2.07 bits per heavy atom. The number of hydrogen-bond donors (Lipinski definition) is 1. The van der Waals surface area contributed by atoms with E-state index in [-0.39, 0.29) is 5.69 Å². The largest absolute Gasteiger partial charge is 0.476 e. The van der Waals surface area contributed by atoms with Crippen molar-refractivity contribution in [1.82, 2.24) is 8.96 Å². The summed E-state index contributed by atoms with van der Waals surface area (Å²) in [5.41, 5.74) is 0.170. The maximum absolute atomic E-state index is 10.8. The molecule has 0 fully saturated rings. The van der Waals surface area contributed by atoms with Crippen LogP contribution in [0.4, 0.5) is 0 Å². The van der Waals surface area contributed by atoms with Gasteiger partial charge in [-0.05, 0) is 24.1 Å². The van der Waals surface area contributed by atoms with Gasteiger partial charge in [-0.25, -0.2) is 9.78 Å². The third-order valence-corrected chi connectivity index (χ3v) is 2.74. The molecule has 1 aromatic carbocycles. The normalized spacial score (nSPS) is 10.1. The van der Waals surface area contributed by atoms with Crippen LogP contribution in [0.5, 0.6) is 0 Å². The van der Waals surface area contributed by atoms with E-state index >= 15 is 0 Å². The Bertz CT molecular complexity index is 467. The number of hydrogen-bond acceptors (Lipinski definition) is 3. The zero-order valence-corrected chi connectivity index (χ0v) is 8.52. The Morgan fingerprint density at radius 1 is 1.33 bits per heavy atom. The molecule has 0 aliphatic rings. The Labute approximate surface area is 90.7 Å². The van der Waals surface area contributed by atoms with Gasteiger partial charge in [0, 0.05) is 4.90 Å². The zero-order valence-electron chi connectivity index (χ0n) is 7.70. The van der Waals surface area contributed by atoms with E-state index in [1.54, 1.807) is 0 Å². The maximum Gasteiger partial charge on any atom is 0.355 e. The quantitative estimate of drug-likeness (QED) is 0.861. The molecule has 0 saturated carbocycles. The van der Waals surface area contributed by atoms with Crippen LogP contribution in [0.2, 0.25) is 0 Å². The fraction of sp³-hybridized carbons (Fsp3) is 0. The van der Waals surface area contributed by atoms with E-state index in [1.807, 2.05) is 30.3 Å². The van der Waals surface area contributed by atoms with Crippen molar-refractivity contribution in [3.05, 3.63) is 48.5 Å². The van der Waals surface area contributed by atoms with Crippen molar-refractivity contribution in [3.63, 3.8) is 0 Å². The molecule has 76 valence electrons. The molecule has 0 unspecified atom stereocenters. The molecule has 0 aliphatic heterocycles. The van der Waals surface area contributed by atoms with Crippen molar-refractivity contribution in [1.29, 1.82) is 0 Å². The van der Waals surface area contributed by atoms with Gasteiger partial charge in [0.2, 0.25) is 0 Å². The van der Waals surface area contributed by atoms with Gasteiger partial charge in [0.05, 0.1) is 6.20 Å². The molecule has 0 amide bonds. The minimum Gasteiger partial charge on any atom is -0.476 e. The van der Waals surface area contributed by atoms with Crippen molar-refractivity contribution in [3.8, 4) is 0 Å². The van der Waals surface area contributed by atoms with E-state index in [4.69, 9.17) is 5.11 Å². The molecule has 0 bridgehead atoms. The summed E-state index contributed by atoms with van der Waals surface area (Å²) < 4.78 is 1.53. The molecule has 15 heavy (non-hydrogen) atoms. The van der Waals surface area contributed by atoms with Crippen LogP contribution in [-0.4, -0.2) is 20.0 Å². The highest BCUT2D eigenvalue weighted by Crippen LogP contribution is 2.21. The van der Waals surface area contributed by atoms with Crippen LogP contribution in [-0.2, 0) is 0 Å². The van der Waals surface area contributed by atoms with Crippen LogP contribution < -0.4 is 0 Å². The number of aromatic carboxylic acids is 1. The Balaban J connectivity index is 2.25. The highest BCUT2D eigenvalue weighted by atomic mass is 32.2. The standard InChI is InChI=1S/C10H8N2O2S/c13-10(14)9-6-11-7-12(9)15-8-4-2-1-3-5-8/h1-7H,(H,13,14). The second-order valence-electron chi connectivity index (χ2n) is 2.81. The predicted octanol–water partition coefficient (Wildman–Crippen LogP) is 2.14. The van der Waals surface area contributed by atoms with E-state index in [2.05, 4.69) is 4.98 Å². The fourth-order valence-electron chi connectivity index (χ4n) is 1.10. The number of aromatic nitrogens is 2. The predicted molar refractivity (Wildman–Crippen MR) is 56.9 cm³/mol. The van der Waals surface area contributed by atoms with Crippen LogP contribution in [0.25, 0.3) is 0 Å². The molecule has 4 nitrogen and oxygen atoms in total. The average molecular weight is 220 g/mol. The van der Waals surface area contributed by atoms with Gasteiger partial charge in [0.25, 0.3) is 0 Å². The summed E-state index contributed by atoms with van der Waals surface area (Å²) in [7, 11) is 0. The van der Waals surface area contributed by atoms with Crippen molar-refractivity contribution >= 4 is 17.9 Å². The first kappa shape index (κ1) is 9.79. The molecule has 0 saturated heterocycles. The van der Waals surface area contributed by atoms with Crippen molar-refractivity contribution in [2.24, 2.45) is 0 Å². The van der Waals surface area contributed by atoms with Crippen molar-refractivity contribution in [2.45, 2.75) is 4.90 Å². The summed E-state index contributed by atoms with van der Waals surface area (Å²) in [5.74, 6) is -0.976. The van der Waals surface area contributed by atoms with Crippen LogP contribution in [0.3, 0.4) is 0 Å². The first-order valence-corrected chi connectivity index (χ1v) is 5.04. The van der Waals surface area contributed by atoms with Gasteiger partial charge >= 0.3 is 5.97 Å². The van der Waals surface area contributed by atoms with Gasteiger partial charge in [-0.2, -0.15) is 0 Å². The molecular weight excluding hydrogens is 212 g/mol. The number of carboxylic acid groups (broad SMARTS) is 1. The van der Waals surface area contributed by atoms with Crippen LogP contribution in [0, 0.1) is 0 Å². The van der Waals surface area contributed by atoms with Crippen LogP contribution in [0.1, 0.15) is 10.5 Å². The van der Waals surface area contributed by atoms with Gasteiger partial charge in [-0.3, -0.25) is 3.97 Å². The summed E-state index contributed by atoms with van der Waals surface area (Å²) >= 11 is 1.32. The first-order valence-electron chi connectivity index (χ1n) is 4.26. The smallest absolute Gasteiger partial charge is 0.355 e. The summed E-state index contributed by atoms with van der Waals surface area (Å²) in [6.07, 6.45) is 2.82. The highest BCUT2D eigenvalue weighted by Gasteiger charge is 2.10. The molecule has 1 aromatic heterocycles. The van der Waals surface area contributed by atoms with E-state index in [0.717, 1.165) is 4.90 Å². The SMILES string of the molecule is O=C(O)c1cncn1Sc1ccccc1. The molecule has 0 spiro atoms. The molecule has 2 rings (SSSR count). The number of imidazole rings is 1. The lowest BCUT2D eigenvalue weighted by Crippen LogP contribution is -2.01. The Hall–Kier alpha value is -1.75. The number of carboxylic acids is 1. The topological polar surface area (TPSA) is 55.1 Å². The van der Waals surface area contributed by atoms with Gasteiger partial charge in [-0.1, -0.05) is 18.2 Å². The third-order valence-electron chi connectivity index (χ3n) is 1.77. The Kier molecular flexibility index (Phi) is 2.73. The monoisotopic (exact) mass is 220 g/mol. The third kappa shape index (κ3) is 2.19. The van der Waals surface area contributed by atoms with Gasteiger partial charge in [0.1, 0.15) is 6.33 Å². The fourth-order valence-corrected chi connectivity index (χ4v) is 1.93. The maximum atomic E-state index is 10.8. The van der Waals surface area contributed by atoms with Gasteiger partial charge in [0.15, 0.2) is 5.69 Å². The van der Waals surface area contributed by atoms with E-state index in [1.165, 1.54) is 28.4 Å². The summed E-state index contributed by atoms with van der Waals surface area (Å²) in [6, 6.07) is 9.54. The molecule has 0 atom stereocenters. The van der Waals surface area contributed by atoms with Crippen molar-refractivity contribution in [2.75, 3.05) is 0 Å². The molecule has 1 N–H and O–H groups in total. The van der Waals surface area contributed by atoms with Gasteiger partial charge < -0.3 is 5.11 Å². The summed E-state index contributed by atoms with van der Waals surface area (Å²) in [6.45, 7) is 0. The van der Waals surface area contributed by atoms with E-state index in [9.17, 15) is 4.79 Å². The molecule has 0 radical (unpaired) electrons. The lowest BCUT2D eigenvalue weighted by Gasteiger charge is -2.02. The number of carbonyl (C=O) groups is 1. The van der Waals surface area contributed by atoms with Crippen LogP contribution in [0.15, 0.2) is 47.8 Å². The minimum atomic E-state index is -0.976. The molecular formula is C10H8N2O2S. The number of rotatable bonds is 3.